The fourth-order valence-electron chi connectivity index (χ4n) is 4.18. The minimum absolute atomic E-state index is 0.00658. The second-order valence-electron chi connectivity index (χ2n) is 8.39. The summed E-state index contributed by atoms with van der Waals surface area (Å²) in [7, 11) is -5.02. The van der Waals surface area contributed by atoms with Crippen molar-refractivity contribution in [1.29, 1.82) is 0 Å². The topological polar surface area (TPSA) is 93.5 Å². The van der Waals surface area contributed by atoms with Gasteiger partial charge in [-0.2, -0.15) is 4.40 Å². The first-order valence-electron chi connectivity index (χ1n) is 10.4. The number of ether oxygens (including phenoxy) is 2. The van der Waals surface area contributed by atoms with Crippen LogP contribution >= 0.6 is 0 Å². The Balaban J connectivity index is 1.68. The molecule has 2 saturated heterocycles. The second-order valence-corrected chi connectivity index (χ2v) is 10.8. The number of hydrogen-bond acceptors (Lipinski definition) is 6. The maximum absolute atomic E-state index is 14.0. The van der Waals surface area contributed by atoms with Gasteiger partial charge in [0.25, 0.3) is 0 Å². The predicted octanol–water partition coefficient (Wildman–Crippen LogP) is 2.78. The molecular formula is C20H31N3O5S. The van der Waals surface area contributed by atoms with Crippen molar-refractivity contribution in [3.8, 4) is 5.88 Å². The summed E-state index contributed by atoms with van der Waals surface area (Å²) in [6, 6.07) is 1.60. The first kappa shape index (κ1) is 20.9. The third-order valence-corrected chi connectivity index (χ3v) is 7.94. The Morgan fingerprint density at radius 3 is 2.76 bits per heavy atom. The lowest BCUT2D eigenvalue weighted by Crippen LogP contribution is -2.44. The van der Waals surface area contributed by atoms with Gasteiger partial charge in [0.05, 0.1) is 25.5 Å². The van der Waals surface area contributed by atoms with Crippen molar-refractivity contribution < 1.29 is 22.4 Å². The first-order valence-corrected chi connectivity index (χ1v) is 12.2. The minimum atomic E-state index is -5.02. The normalized spacial score (nSPS) is 27.8. The summed E-state index contributed by atoms with van der Waals surface area (Å²) in [6.07, 6.45) is 7.21. The van der Waals surface area contributed by atoms with Gasteiger partial charge in [-0.15, -0.1) is 0 Å². The van der Waals surface area contributed by atoms with Crippen molar-refractivity contribution in [2.75, 3.05) is 32.8 Å². The summed E-state index contributed by atoms with van der Waals surface area (Å²) in [4.78, 5) is 6.61. The highest BCUT2D eigenvalue weighted by atomic mass is 32.3. The molecule has 2 fully saturated rings. The molecule has 9 heteroatoms. The summed E-state index contributed by atoms with van der Waals surface area (Å²) in [6.45, 7) is 7.18. The fraction of sp³-hybridized carbons (Fsp3) is 0.700. The van der Waals surface area contributed by atoms with Crippen LogP contribution in [0, 0.1) is 6.92 Å². The zero-order chi connectivity index (χ0) is 20.6. The zero-order valence-corrected chi connectivity index (χ0v) is 18.0. The molecule has 162 valence electrons. The van der Waals surface area contributed by atoms with Crippen LogP contribution in [0.1, 0.15) is 44.6 Å². The van der Waals surface area contributed by atoms with Crippen molar-refractivity contribution in [3.05, 3.63) is 17.8 Å². The molecule has 29 heavy (non-hydrogen) atoms. The average molecular weight is 426 g/mol. The summed E-state index contributed by atoms with van der Waals surface area (Å²) in [5, 5.41) is 0. The van der Waals surface area contributed by atoms with Gasteiger partial charge in [0.2, 0.25) is 15.7 Å². The Labute approximate surface area is 172 Å². The van der Waals surface area contributed by atoms with Gasteiger partial charge in [0.1, 0.15) is 4.90 Å². The molecule has 0 amide bonds. The smallest absolute Gasteiger partial charge is 0.235 e. The fourth-order valence-corrected chi connectivity index (χ4v) is 6.26. The van der Waals surface area contributed by atoms with E-state index >= 15 is 0 Å². The molecule has 4 rings (SSSR count). The molecule has 1 atom stereocenters. The van der Waals surface area contributed by atoms with Gasteiger partial charge in [-0.25, -0.2) is 9.19 Å². The molecule has 8 nitrogen and oxygen atoms in total. The molecule has 1 unspecified atom stereocenters. The molecular weight excluding hydrogens is 394 g/mol. The van der Waals surface area contributed by atoms with Gasteiger partial charge in [-0.05, 0) is 51.4 Å². The molecule has 0 radical (unpaired) electrons. The van der Waals surface area contributed by atoms with E-state index in [4.69, 9.17) is 13.7 Å². The molecule has 1 N–H and O–H groups in total. The van der Waals surface area contributed by atoms with Crippen LogP contribution in [-0.2, 0) is 18.7 Å². The molecule has 1 spiro atoms. The van der Waals surface area contributed by atoms with Crippen LogP contribution in [0.25, 0.3) is 0 Å². The van der Waals surface area contributed by atoms with Gasteiger partial charge in [-0.1, -0.05) is 6.42 Å². The number of aryl methyl sites for hydroxylation is 1. The number of fused-ring (bicyclic) bond motifs is 1. The van der Waals surface area contributed by atoms with Gasteiger partial charge < -0.3 is 14.4 Å². The lowest BCUT2D eigenvalue weighted by atomic mass is 9.95. The van der Waals surface area contributed by atoms with Crippen LogP contribution < -0.4 is 4.74 Å². The maximum Gasteiger partial charge on any atom is 0.235 e. The molecule has 3 aliphatic rings. The molecule has 4 heterocycles. The van der Waals surface area contributed by atoms with Crippen molar-refractivity contribution >= 4 is 16.0 Å². The highest BCUT2D eigenvalue weighted by Gasteiger charge is 2.48. The Kier molecular flexibility index (Phi) is 5.54. The minimum Gasteiger partial charge on any atom is -0.464 e. The second kappa shape index (κ2) is 7.70. The predicted molar refractivity (Wildman–Crippen MR) is 111 cm³/mol. The molecule has 1 aromatic rings. The Morgan fingerprint density at radius 2 is 2.03 bits per heavy atom. The van der Waals surface area contributed by atoms with E-state index in [9.17, 15) is 8.76 Å². The van der Waals surface area contributed by atoms with E-state index in [0.717, 1.165) is 31.5 Å². The van der Waals surface area contributed by atoms with Gasteiger partial charge in [-0.3, -0.25) is 8.74 Å². The monoisotopic (exact) mass is 425 g/mol. The van der Waals surface area contributed by atoms with Crippen molar-refractivity contribution in [2.45, 2.75) is 62.6 Å². The maximum atomic E-state index is 14.0. The lowest BCUT2D eigenvalue weighted by molar-refractivity contribution is -0.00590. The van der Waals surface area contributed by atoms with Gasteiger partial charge >= 0.3 is 0 Å². The first-order chi connectivity index (χ1) is 13.8. The van der Waals surface area contributed by atoms with Crippen LogP contribution in [0.3, 0.4) is 0 Å². The Hall–Kier alpha value is -1.39. The molecule has 0 aliphatic carbocycles. The SMILES string of the molecule is Cc1cnc2c(c1)S(=O)(O)(OC(C)CN1CCCCC1)N=CC1(CCOCC1)O2. The van der Waals surface area contributed by atoms with E-state index in [1.165, 1.54) is 12.6 Å². The van der Waals surface area contributed by atoms with Gasteiger partial charge in [0.15, 0.2) is 5.60 Å². The van der Waals surface area contributed by atoms with E-state index in [1.807, 2.05) is 13.8 Å². The summed E-state index contributed by atoms with van der Waals surface area (Å²) in [5.74, 6) is 0.111. The average Bonchev–Trinajstić information content (AvgIpc) is 2.77. The highest BCUT2D eigenvalue weighted by Crippen LogP contribution is 2.45. The number of rotatable bonds is 4. The third-order valence-electron chi connectivity index (χ3n) is 5.75. The number of piperidine rings is 1. The van der Waals surface area contributed by atoms with Crippen LogP contribution in [0.2, 0.25) is 0 Å². The molecule has 0 saturated carbocycles. The van der Waals surface area contributed by atoms with E-state index in [-0.39, 0.29) is 10.8 Å². The van der Waals surface area contributed by atoms with E-state index in [2.05, 4.69) is 14.3 Å². The van der Waals surface area contributed by atoms with Crippen molar-refractivity contribution in [2.24, 2.45) is 4.40 Å². The Bertz CT molecular complexity index is 849. The standard InChI is InChI=1S/C20H31N3O5S/c1-16-12-18-19(21-13-16)27-20(6-10-26-11-7-20)15-22-29(18,24,25)28-17(2)14-23-8-4-3-5-9-23/h12-13,15,17H,3-11,14H2,1-2H3,(H,24,25). The van der Waals surface area contributed by atoms with Gasteiger partial charge in [0, 0.05) is 25.6 Å². The lowest BCUT2D eigenvalue weighted by Gasteiger charge is -2.36. The van der Waals surface area contributed by atoms with Crippen LogP contribution in [0.4, 0.5) is 0 Å². The molecule has 0 bridgehead atoms. The van der Waals surface area contributed by atoms with E-state index in [1.54, 1.807) is 12.3 Å². The number of pyridine rings is 1. The third kappa shape index (κ3) is 4.39. The highest BCUT2D eigenvalue weighted by molar-refractivity contribution is 8.10. The number of likely N-dealkylation sites (tertiary alicyclic amines) is 1. The Morgan fingerprint density at radius 1 is 1.31 bits per heavy atom. The van der Waals surface area contributed by atoms with Crippen LogP contribution in [-0.4, -0.2) is 69.4 Å². The van der Waals surface area contributed by atoms with E-state index < -0.39 is 21.5 Å². The zero-order valence-electron chi connectivity index (χ0n) is 17.2. The molecule has 0 aromatic carbocycles. The summed E-state index contributed by atoms with van der Waals surface area (Å²) in [5.41, 5.74) is -0.0683. The molecule has 3 aliphatic heterocycles. The number of nitrogens with zero attached hydrogens (tertiary/aromatic N) is 3. The van der Waals surface area contributed by atoms with Crippen molar-refractivity contribution in [3.63, 3.8) is 0 Å². The number of hydrogen-bond donors (Lipinski definition) is 1. The van der Waals surface area contributed by atoms with Crippen molar-refractivity contribution in [1.82, 2.24) is 9.88 Å². The van der Waals surface area contributed by atoms with Crippen LogP contribution in [0.15, 0.2) is 21.6 Å². The largest absolute Gasteiger partial charge is 0.464 e. The summed E-state index contributed by atoms with van der Waals surface area (Å²) >= 11 is 0. The quantitative estimate of drug-likeness (QED) is 0.793. The summed E-state index contributed by atoms with van der Waals surface area (Å²) < 4.78 is 47.2. The van der Waals surface area contributed by atoms with E-state index in [0.29, 0.717) is 32.6 Å². The number of aromatic nitrogens is 1. The molecule has 1 aromatic heterocycles. The van der Waals surface area contributed by atoms with Crippen LogP contribution in [0.5, 0.6) is 5.88 Å².